The van der Waals surface area contributed by atoms with Crippen LogP contribution in [0.2, 0.25) is 0 Å². The lowest BCUT2D eigenvalue weighted by Gasteiger charge is -2.33. The molecule has 1 aromatic heterocycles. The monoisotopic (exact) mass is 601 g/mol. The van der Waals surface area contributed by atoms with Crippen molar-refractivity contribution in [3.8, 4) is 0 Å². The molecule has 3 aromatic rings. The van der Waals surface area contributed by atoms with Gasteiger partial charge >= 0.3 is 6.18 Å². The van der Waals surface area contributed by atoms with Gasteiger partial charge in [0.15, 0.2) is 5.69 Å². The number of nitrogens with one attached hydrogen (secondary N) is 1. The Kier molecular flexibility index (Phi) is 8.14. The Hall–Kier alpha value is -3.63. The number of hydrogen-bond donors (Lipinski definition) is 1. The average Bonchev–Trinajstić information content (AvgIpc) is 3.44. The predicted molar refractivity (Wildman–Crippen MR) is 141 cm³/mol. The van der Waals surface area contributed by atoms with Crippen molar-refractivity contribution in [2.75, 3.05) is 53.5 Å². The maximum atomic E-state index is 13.1. The van der Waals surface area contributed by atoms with Gasteiger partial charge in [0.1, 0.15) is 6.26 Å². The Morgan fingerprint density at radius 1 is 1.02 bits per heavy atom. The number of carbonyl (C=O) groups excluding carboxylic acids is 1. The summed E-state index contributed by atoms with van der Waals surface area (Å²) in [5, 5.41) is 2.64. The maximum absolute atomic E-state index is 13.1. The normalized spacial score (nSPS) is 15.2. The highest BCUT2D eigenvalue weighted by molar-refractivity contribution is 7.92. The van der Waals surface area contributed by atoms with Crippen molar-refractivity contribution in [3.05, 3.63) is 66.1 Å². The molecule has 0 spiro atoms. The number of nitrogens with zero attached hydrogens (tertiary/aromatic N) is 4. The first-order valence-electron chi connectivity index (χ1n) is 12.0. The molecule has 0 saturated carbocycles. The molecule has 0 radical (unpaired) electrons. The molecule has 0 bridgehead atoms. The molecule has 4 rings (SSSR count). The van der Waals surface area contributed by atoms with Crippen LogP contribution in [0.5, 0.6) is 0 Å². The number of rotatable bonds is 8. The van der Waals surface area contributed by atoms with E-state index in [9.17, 15) is 34.8 Å². The fourth-order valence-corrected chi connectivity index (χ4v) is 6.27. The highest BCUT2D eigenvalue weighted by Crippen LogP contribution is 2.31. The van der Waals surface area contributed by atoms with E-state index in [2.05, 4.69) is 10.3 Å². The van der Waals surface area contributed by atoms with Crippen LogP contribution in [-0.2, 0) is 26.2 Å². The van der Waals surface area contributed by atoms with E-state index in [1.165, 1.54) is 59.6 Å². The third kappa shape index (κ3) is 6.08. The summed E-state index contributed by atoms with van der Waals surface area (Å²) >= 11 is 0. The number of amides is 1. The van der Waals surface area contributed by atoms with Crippen LogP contribution in [0.25, 0.3) is 0 Å². The molecule has 0 unspecified atom stereocenters. The van der Waals surface area contributed by atoms with Gasteiger partial charge in [0.05, 0.1) is 21.9 Å². The van der Waals surface area contributed by atoms with E-state index in [1.807, 2.05) is 0 Å². The highest BCUT2D eigenvalue weighted by atomic mass is 32.2. The summed E-state index contributed by atoms with van der Waals surface area (Å²) in [5.41, 5.74) is -0.565. The number of alkyl halides is 3. The van der Waals surface area contributed by atoms with E-state index in [0.29, 0.717) is 6.26 Å². The number of para-hydroxylation sites is 1. The molecule has 1 aliphatic rings. The number of sulfonamides is 2. The zero-order valence-corrected chi connectivity index (χ0v) is 23.1. The van der Waals surface area contributed by atoms with Crippen molar-refractivity contribution in [2.24, 2.45) is 0 Å². The maximum Gasteiger partial charge on any atom is 0.436 e. The Labute approximate surface area is 229 Å². The van der Waals surface area contributed by atoms with Gasteiger partial charge in [0, 0.05) is 38.9 Å². The summed E-state index contributed by atoms with van der Waals surface area (Å²) in [5.74, 6) is -0.732. The van der Waals surface area contributed by atoms with E-state index in [4.69, 9.17) is 4.42 Å². The van der Waals surface area contributed by atoms with Crippen LogP contribution < -0.4 is 14.5 Å². The third-order valence-electron chi connectivity index (χ3n) is 6.31. The highest BCUT2D eigenvalue weighted by Gasteiger charge is 2.36. The van der Waals surface area contributed by atoms with Crippen molar-refractivity contribution in [2.45, 2.75) is 18.0 Å². The zero-order valence-electron chi connectivity index (χ0n) is 21.4. The fourth-order valence-electron chi connectivity index (χ4n) is 4.00. The first-order valence-corrected chi connectivity index (χ1v) is 15.0. The number of benzene rings is 2. The first-order chi connectivity index (χ1) is 18.7. The van der Waals surface area contributed by atoms with E-state index in [1.54, 1.807) is 12.1 Å². The van der Waals surface area contributed by atoms with E-state index in [0.717, 1.165) is 4.31 Å². The predicted octanol–water partition coefficient (Wildman–Crippen LogP) is 3.24. The van der Waals surface area contributed by atoms with Gasteiger partial charge in [-0.2, -0.15) is 22.5 Å². The molecular formula is C24H26F3N5O6S2. The Morgan fingerprint density at radius 3 is 2.23 bits per heavy atom. The molecule has 0 aliphatic carbocycles. The summed E-state index contributed by atoms with van der Waals surface area (Å²) in [7, 11) is -6.19. The molecule has 1 saturated heterocycles. The molecule has 1 amide bonds. The van der Waals surface area contributed by atoms with Gasteiger partial charge in [-0.3, -0.25) is 9.10 Å². The van der Waals surface area contributed by atoms with Gasteiger partial charge in [-0.15, -0.1) is 0 Å². The van der Waals surface area contributed by atoms with Gasteiger partial charge in [-0.25, -0.2) is 16.8 Å². The van der Waals surface area contributed by atoms with Gasteiger partial charge < -0.3 is 14.6 Å². The van der Waals surface area contributed by atoms with Gasteiger partial charge in [0.2, 0.25) is 20.0 Å². The summed E-state index contributed by atoms with van der Waals surface area (Å²) in [6, 6.07) is 11.4. The summed E-state index contributed by atoms with van der Waals surface area (Å²) in [6.07, 6.45) is -4.13. The molecular weight excluding hydrogens is 575 g/mol. The van der Waals surface area contributed by atoms with Crippen molar-refractivity contribution in [1.29, 1.82) is 0 Å². The molecule has 1 N–H and O–H groups in total. The Bertz CT molecular complexity index is 1580. The SMILES string of the molecule is CCS(=O)(=O)N(C)c1ccccc1C(=O)Nc1ccc(S(=O)(=O)N2CCN(c3nc(C(F)(F)F)co3)CC2)cc1. The lowest BCUT2D eigenvalue weighted by atomic mass is 10.1. The van der Waals surface area contributed by atoms with Crippen LogP contribution in [0.1, 0.15) is 23.0 Å². The number of carbonyl (C=O) groups is 1. The van der Waals surface area contributed by atoms with Crippen molar-refractivity contribution >= 4 is 43.3 Å². The lowest BCUT2D eigenvalue weighted by molar-refractivity contribution is -0.141. The summed E-state index contributed by atoms with van der Waals surface area (Å²) < 4.78 is 96.4. The number of oxazole rings is 1. The quantitative estimate of drug-likeness (QED) is 0.416. The first kappa shape index (κ1) is 29.4. The van der Waals surface area contributed by atoms with Crippen LogP contribution in [-0.4, -0.2) is 71.0 Å². The van der Waals surface area contributed by atoms with E-state index in [-0.39, 0.29) is 59.8 Å². The Balaban J connectivity index is 1.42. The van der Waals surface area contributed by atoms with Crippen LogP contribution in [0.15, 0.2) is 64.1 Å². The topological polar surface area (TPSA) is 133 Å². The van der Waals surface area contributed by atoms with E-state index < -0.39 is 37.8 Å². The largest absolute Gasteiger partial charge is 0.436 e. The van der Waals surface area contributed by atoms with Gasteiger partial charge in [-0.05, 0) is 43.3 Å². The van der Waals surface area contributed by atoms with Crippen LogP contribution >= 0.6 is 0 Å². The summed E-state index contributed by atoms with van der Waals surface area (Å²) in [4.78, 5) is 17.8. The van der Waals surface area contributed by atoms with Crippen LogP contribution in [0, 0.1) is 0 Å². The summed E-state index contributed by atoms with van der Waals surface area (Å²) in [6.45, 7) is 1.64. The van der Waals surface area contributed by atoms with Crippen LogP contribution in [0.4, 0.5) is 30.6 Å². The number of aromatic nitrogens is 1. The molecule has 16 heteroatoms. The number of hydrogen-bond acceptors (Lipinski definition) is 8. The van der Waals surface area contributed by atoms with Crippen molar-refractivity contribution in [3.63, 3.8) is 0 Å². The van der Waals surface area contributed by atoms with Gasteiger partial charge in [0.25, 0.3) is 11.9 Å². The number of piperazine rings is 1. The van der Waals surface area contributed by atoms with Crippen LogP contribution in [0.3, 0.4) is 0 Å². The Morgan fingerprint density at radius 2 is 1.65 bits per heavy atom. The molecule has 11 nitrogen and oxygen atoms in total. The second-order valence-electron chi connectivity index (χ2n) is 8.77. The second-order valence-corrected chi connectivity index (χ2v) is 13.0. The fraction of sp³-hybridized carbons (Fsp3) is 0.333. The minimum absolute atomic E-state index is 0.00444. The molecule has 2 aromatic carbocycles. The molecule has 40 heavy (non-hydrogen) atoms. The number of halogens is 3. The van der Waals surface area contributed by atoms with Gasteiger partial charge in [-0.1, -0.05) is 12.1 Å². The second kappa shape index (κ2) is 11.1. The molecule has 2 heterocycles. The van der Waals surface area contributed by atoms with Crippen molar-refractivity contribution in [1.82, 2.24) is 9.29 Å². The minimum Gasteiger partial charge on any atom is -0.431 e. The minimum atomic E-state index is -4.64. The molecule has 0 atom stereocenters. The molecule has 1 fully saturated rings. The molecule has 1 aliphatic heterocycles. The zero-order chi connectivity index (χ0) is 29.3. The standard InChI is InChI=1S/C24H26F3N5O6S2/c1-3-39(34,35)30(2)20-7-5-4-6-19(20)22(33)28-17-8-10-18(11-9-17)40(36,37)32-14-12-31(13-15-32)23-29-21(16-38-23)24(25,26)27/h4-11,16H,3,12-15H2,1-2H3,(H,28,33). The smallest absolute Gasteiger partial charge is 0.431 e. The van der Waals surface area contributed by atoms with E-state index >= 15 is 0 Å². The molecule has 216 valence electrons. The number of anilines is 3. The average molecular weight is 602 g/mol. The third-order valence-corrected chi connectivity index (χ3v) is 9.99. The van der Waals surface area contributed by atoms with Crippen molar-refractivity contribution < 1.29 is 39.2 Å². The lowest BCUT2D eigenvalue weighted by Crippen LogP contribution is -2.48.